The van der Waals surface area contributed by atoms with E-state index in [0.717, 1.165) is 12.8 Å². The van der Waals surface area contributed by atoms with Crippen molar-refractivity contribution >= 4 is 23.1 Å². The molecule has 6 heteroatoms. The van der Waals surface area contributed by atoms with E-state index >= 15 is 0 Å². The SMILES string of the molecule is O=C(Nc1ccc(Nc2cccc(F)c2)cn1)C1CCCO1. The minimum atomic E-state index is -0.383. The van der Waals surface area contributed by atoms with Crippen molar-refractivity contribution in [3.8, 4) is 0 Å². The molecule has 0 spiro atoms. The lowest BCUT2D eigenvalue weighted by atomic mass is 10.2. The minimum absolute atomic E-state index is 0.171. The van der Waals surface area contributed by atoms with Crippen molar-refractivity contribution < 1.29 is 13.9 Å². The highest BCUT2D eigenvalue weighted by molar-refractivity contribution is 5.93. The molecule has 0 bridgehead atoms. The molecule has 0 radical (unpaired) electrons. The molecular formula is C16H16FN3O2. The highest BCUT2D eigenvalue weighted by Gasteiger charge is 2.23. The van der Waals surface area contributed by atoms with E-state index in [2.05, 4.69) is 15.6 Å². The molecule has 1 aromatic carbocycles. The Labute approximate surface area is 127 Å². The number of hydrogen-bond donors (Lipinski definition) is 2. The van der Waals surface area contributed by atoms with Crippen LogP contribution in [0.3, 0.4) is 0 Å². The first-order chi connectivity index (χ1) is 10.7. The molecule has 3 rings (SSSR count). The number of hydrogen-bond acceptors (Lipinski definition) is 4. The van der Waals surface area contributed by atoms with Crippen LogP contribution < -0.4 is 10.6 Å². The third-order valence-electron chi connectivity index (χ3n) is 3.35. The first-order valence-corrected chi connectivity index (χ1v) is 7.12. The van der Waals surface area contributed by atoms with Gasteiger partial charge in [-0.3, -0.25) is 4.79 Å². The van der Waals surface area contributed by atoms with E-state index in [1.807, 2.05) is 0 Å². The summed E-state index contributed by atoms with van der Waals surface area (Å²) < 4.78 is 18.4. The van der Waals surface area contributed by atoms with Gasteiger partial charge in [-0.2, -0.15) is 0 Å². The molecule has 1 aromatic heterocycles. The summed E-state index contributed by atoms with van der Waals surface area (Å²) in [5, 5.41) is 5.76. The summed E-state index contributed by atoms with van der Waals surface area (Å²) >= 11 is 0. The minimum Gasteiger partial charge on any atom is -0.368 e. The summed E-state index contributed by atoms with van der Waals surface area (Å²) in [6, 6.07) is 9.62. The molecule has 5 nitrogen and oxygen atoms in total. The lowest BCUT2D eigenvalue weighted by molar-refractivity contribution is -0.124. The Morgan fingerprint density at radius 1 is 1.27 bits per heavy atom. The van der Waals surface area contributed by atoms with Gasteiger partial charge in [-0.1, -0.05) is 6.07 Å². The van der Waals surface area contributed by atoms with E-state index in [1.165, 1.54) is 12.1 Å². The quantitative estimate of drug-likeness (QED) is 0.911. The van der Waals surface area contributed by atoms with Crippen LogP contribution >= 0.6 is 0 Å². The molecule has 1 aliphatic heterocycles. The fraction of sp³-hybridized carbons (Fsp3) is 0.250. The number of nitrogens with zero attached hydrogens (tertiary/aromatic N) is 1. The number of carbonyl (C=O) groups excluding carboxylic acids is 1. The average molecular weight is 301 g/mol. The van der Waals surface area contributed by atoms with Crippen LogP contribution in [-0.4, -0.2) is 23.6 Å². The monoisotopic (exact) mass is 301 g/mol. The number of amides is 1. The number of halogens is 1. The molecule has 22 heavy (non-hydrogen) atoms. The Morgan fingerprint density at radius 3 is 2.86 bits per heavy atom. The molecule has 1 aliphatic rings. The van der Waals surface area contributed by atoms with Gasteiger partial charge in [0.2, 0.25) is 0 Å². The van der Waals surface area contributed by atoms with Gasteiger partial charge < -0.3 is 15.4 Å². The number of pyridine rings is 1. The maximum Gasteiger partial charge on any atom is 0.254 e. The molecule has 1 fully saturated rings. The summed E-state index contributed by atoms with van der Waals surface area (Å²) in [6.07, 6.45) is 2.84. The Balaban J connectivity index is 1.61. The zero-order valence-electron chi connectivity index (χ0n) is 11.9. The Kier molecular flexibility index (Phi) is 4.29. The molecule has 2 aromatic rings. The lowest BCUT2D eigenvalue weighted by Crippen LogP contribution is -2.27. The van der Waals surface area contributed by atoms with Crippen molar-refractivity contribution in [2.24, 2.45) is 0 Å². The molecule has 1 amide bonds. The maximum absolute atomic E-state index is 13.1. The van der Waals surface area contributed by atoms with Crippen molar-refractivity contribution in [3.63, 3.8) is 0 Å². The second kappa shape index (κ2) is 6.53. The van der Waals surface area contributed by atoms with Crippen LogP contribution in [0.2, 0.25) is 0 Å². The van der Waals surface area contributed by atoms with Crippen molar-refractivity contribution in [1.29, 1.82) is 0 Å². The van der Waals surface area contributed by atoms with E-state index < -0.39 is 0 Å². The number of aromatic nitrogens is 1. The zero-order chi connectivity index (χ0) is 15.4. The van der Waals surface area contributed by atoms with Gasteiger partial charge in [0.15, 0.2) is 0 Å². The van der Waals surface area contributed by atoms with Crippen LogP contribution in [0.5, 0.6) is 0 Å². The van der Waals surface area contributed by atoms with E-state index in [-0.39, 0.29) is 17.8 Å². The van der Waals surface area contributed by atoms with Gasteiger partial charge in [0.05, 0.1) is 11.9 Å². The maximum atomic E-state index is 13.1. The largest absolute Gasteiger partial charge is 0.368 e. The van der Waals surface area contributed by atoms with Gasteiger partial charge in [0.25, 0.3) is 5.91 Å². The van der Waals surface area contributed by atoms with Crippen LogP contribution in [0.1, 0.15) is 12.8 Å². The number of anilines is 3. The number of carbonyl (C=O) groups is 1. The fourth-order valence-electron chi connectivity index (χ4n) is 2.27. The molecule has 0 aliphatic carbocycles. The van der Waals surface area contributed by atoms with Crippen molar-refractivity contribution in [3.05, 3.63) is 48.4 Å². The Bertz CT molecular complexity index is 655. The van der Waals surface area contributed by atoms with E-state index in [0.29, 0.717) is 23.8 Å². The summed E-state index contributed by atoms with van der Waals surface area (Å²) in [6.45, 7) is 0.627. The topological polar surface area (TPSA) is 63.2 Å². The van der Waals surface area contributed by atoms with Gasteiger partial charge >= 0.3 is 0 Å². The summed E-state index contributed by atoms with van der Waals surface area (Å²) in [5.74, 6) is -0.0143. The van der Waals surface area contributed by atoms with Gasteiger partial charge in [0.1, 0.15) is 17.7 Å². The molecule has 0 saturated carbocycles. The third-order valence-corrected chi connectivity index (χ3v) is 3.35. The zero-order valence-corrected chi connectivity index (χ0v) is 11.9. The number of benzene rings is 1. The second-order valence-corrected chi connectivity index (χ2v) is 5.06. The van der Waals surface area contributed by atoms with Crippen molar-refractivity contribution in [1.82, 2.24) is 4.98 Å². The van der Waals surface area contributed by atoms with Crippen LogP contribution in [0.4, 0.5) is 21.6 Å². The highest BCUT2D eigenvalue weighted by Crippen LogP contribution is 2.18. The van der Waals surface area contributed by atoms with Crippen molar-refractivity contribution in [2.75, 3.05) is 17.2 Å². The van der Waals surface area contributed by atoms with Crippen molar-refractivity contribution in [2.45, 2.75) is 18.9 Å². The predicted molar refractivity (Wildman–Crippen MR) is 81.5 cm³/mol. The molecule has 2 heterocycles. The summed E-state index contributed by atoms with van der Waals surface area (Å²) in [7, 11) is 0. The first-order valence-electron chi connectivity index (χ1n) is 7.12. The van der Waals surface area contributed by atoms with Crippen LogP contribution in [-0.2, 0) is 9.53 Å². The Morgan fingerprint density at radius 2 is 2.18 bits per heavy atom. The molecule has 1 unspecified atom stereocenters. The average Bonchev–Trinajstić information content (AvgIpc) is 3.04. The van der Waals surface area contributed by atoms with Crippen LogP contribution in [0, 0.1) is 5.82 Å². The molecule has 2 N–H and O–H groups in total. The van der Waals surface area contributed by atoms with Gasteiger partial charge in [-0.05, 0) is 43.2 Å². The van der Waals surface area contributed by atoms with Gasteiger partial charge in [0, 0.05) is 12.3 Å². The summed E-state index contributed by atoms with van der Waals surface area (Å²) in [4.78, 5) is 16.1. The smallest absolute Gasteiger partial charge is 0.254 e. The highest BCUT2D eigenvalue weighted by atomic mass is 19.1. The van der Waals surface area contributed by atoms with Gasteiger partial charge in [-0.15, -0.1) is 0 Å². The van der Waals surface area contributed by atoms with E-state index in [1.54, 1.807) is 30.5 Å². The predicted octanol–water partition coefficient (Wildman–Crippen LogP) is 3.08. The van der Waals surface area contributed by atoms with Gasteiger partial charge in [-0.25, -0.2) is 9.37 Å². The van der Waals surface area contributed by atoms with E-state index in [9.17, 15) is 9.18 Å². The Hall–Kier alpha value is -2.47. The van der Waals surface area contributed by atoms with Crippen LogP contribution in [0.15, 0.2) is 42.6 Å². The molecule has 1 saturated heterocycles. The van der Waals surface area contributed by atoms with Crippen LogP contribution in [0.25, 0.3) is 0 Å². The third kappa shape index (κ3) is 3.59. The fourth-order valence-corrected chi connectivity index (χ4v) is 2.27. The number of rotatable bonds is 4. The summed E-state index contributed by atoms with van der Waals surface area (Å²) in [5.41, 5.74) is 1.35. The standard InChI is InChI=1S/C16H16FN3O2/c17-11-3-1-4-12(9-11)19-13-6-7-15(18-10-13)20-16(21)14-5-2-8-22-14/h1,3-4,6-7,9-10,14,19H,2,5,8H2,(H,18,20,21). The van der Waals surface area contributed by atoms with E-state index in [4.69, 9.17) is 4.74 Å². The molecule has 114 valence electrons. The number of ether oxygens (including phenoxy) is 1. The first kappa shape index (κ1) is 14.5. The molecular weight excluding hydrogens is 285 g/mol. The molecule has 1 atom stereocenters. The normalized spacial score (nSPS) is 17.2. The second-order valence-electron chi connectivity index (χ2n) is 5.06. The lowest BCUT2D eigenvalue weighted by Gasteiger charge is -2.10. The number of nitrogens with one attached hydrogen (secondary N) is 2.